The van der Waals surface area contributed by atoms with E-state index in [1.54, 1.807) is 21.3 Å². The first-order valence-electron chi connectivity index (χ1n) is 5.56. The van der Waals surface area contributed by atoms with Crippen molar-refractivity contribution in [3.8, 4) is 28.5 Å². The highest BCUT2D eigenvalue weighted by Crippen LogP contribution is 2.41. The van der Waals surface area contributed by atoms with Crippen LogP contribution >= 0.6 is 12.2 Å². The van der Waals surface area contributed by atoms with Gasteiger partial charge in [0, 0.05) is 0 Å². The Morgan fingerprint density at radius 2 is 1.68 bits per heavy atom. The van der Waals surface area contributed by atoms with E-state index in [2.05, 4.69) is 9.97 Å². The average Bonchev–Trinajstić information content (AvgIpc) is 2.46. The van der Waals surface area contributed by atoms with E-state index < -0.39 is 0 Å². The molecular weight excluding hydrogens is 264 g/mol. The molecule has 2 rings (SSSR count). The number of hydrogen-bond acceptors (Lipinski definition) is 5. The van der Waals surface area contributed by atoms with Crippen LogP contribution < -0.4 is 14.2 Å². The molecule has 0 saturated heterocycles. The molecule has 0 aliphatic heterocycles. The number of H-pyrrole nitrogens is 1. The van der Waals surface area contributed by atoms with Crippen LogP contribution in [0.3, 0.4) is 0 Å². The predicted molar refractivity (Wildman–Crippen MR) is 74.5 cm³/mol. The van der Waals surface area contributed by atoms with Crippen LogP contribution in [0.25, 0.3) is 11.3 Å². The molecule has 0 unspecified atom stereocenters. The summed E-state index contributed by atoms with van der Waals surface area (Å²) < 4.78 is 16.4. The number of nitrogens with one attached hydrogen (secondary N) is 1. The third-order valence-corrected chi connectivity index (χ3v) is 2.98. The first kappa shape index (κ1) is 13.4. The fraction of sp³-hybridized carbons (Fsp3) is 0.231. The van der Waals surface area contributed by atoms with E-state index in [0.717, 1.165) is 5.56 Å². The SMILES string of the molecule is COc1cccc(OC)c1-c1[nH]cnc(=S)c1OC. The highest BCUT2D eigenvalue weighted by atomic mass is 32.1. The van der Waals surface area contributed by atoms with Crippen molar-refractivity contribution in [3.63, 3.8) is 0 Å². The Kier molecular flexibility index (Phi) is 4.01. The van der Waals surface area contributed by atoms with Gasteiger partial charge in [-0.15, -0.1) is 0 Å². The van der Waals surface area contributed by atoms with Crippen LogP contribution in [0.2, 0.25) is 0 Å². The molecule has 1 aromatic carbocycles. The van der Waals surface area contributed by atoms with Gasteiger partial charge in [0.2, 0.25) is 0 Å². The Hall–Kier alpha value is -2.08. The minimum absolute atomic E-state index is 0.379. The van der Waals surface area contributed by atoms with Gasteiger partial charge in [-0.1, -0.05) is 18.3 Å². The quantitative estimate of drug-likeness (QED) is 0.871. The van der Waals surface area contributed by atoms with Crippen molar-refractivity contribution in [2.75, 3.05) is 21.3 Å². The number of nitrogens with zero attached hydrogens (tertiary/aromatic N) is 1. The molecule has 0 fully saturated rings. The number of aromatic nitrogens is 2. The molecule has 0 saturated carbocycles. The summed E-state index contributed by atoms with van der Waals surface area (Å²) in [5.74, 6) is 1.81. The maximum Gasteiger partial charge on any atom is 0.180 e. The summed E-state index contributed by atoms with van der Waals surface area (Å²) in [4.78, 5) is 7.03. The van der Waals surface area contributed by atoms with Gasteiger partial charge in [-0.05, 0) is 12.1 Å². The Bertz CT molecular complexity index is 618. The van der Waals surface area contributed by atoms with Crippen LogP contribution in [0.1, 0.15) is 0 Å². The molecule has 0 aliphatic carbocycles. The molecule has 0 aliphatic rings. The molecule has 0 spiro atoms. The second-order valence-electron chi connectivity index (χ2n) is 3.65. The zero-order valence-electron chi connectivity index (χ0n) is 10.9. The minimum Gasteiger partial charge on any atom is -0.496 e. The monoisotopic (exact) mass is 278 g/mol. The zero-order valence-corrected chi connectivity index (χ0v) is 11.7. The molecule has 1 aromatic heterocycles. The van der Waals surface area contributed by atoms with Crippen LogP contribution in [0.15, 0.2) is 24.5 Å². The van der Waals surface area contributed by atoms with Crippen molar-refractivity contribution in [2.45, 2.75) is 0 Å². The molecule has 0 bridgehead atoms. The molecule has 100 valence electrons. The lowest BCUT2D eigenvalue weighted by molar-refractivity contribution is 0.392. The number of ether oxygens (including phenoxy) is 3. The molecule has 19 heavy (non-hydrogen) atoms. The summed E-state index contributed by atoms with van der Waals surface area (Å²) in [7, 11) is 4.74. The molecule has 0 radical (unpaired) electrons. The smallest absolute Gasteiger partial charge is 0.180 e. The summed E-state index contributed by atoms with van der Waals surface area (Å²) in [6, 6.07) is 5.53. The lowest BCUT2D eigenvalue weighted by atomic mass is 10.1. The number of rotatable bonds is 4. The van der Waals surface area contributed by atoms with Crippen molar-refractivity contribution < 1.29 is 14.2 Å². The van der Waals surface area contributed by atoms with Gasteiger partial charge in [-0.3, -0.25) is 0 Å². The molecule has 0 atom stereocenters. The summed E-state index contributed by atoms with van der Waals surface area (Å²) >= 11 is 5.16. The highest BCUT2D eigenvalue weighted by molar-refractivity contribution is 7.71. The molecule has 6 heteroatoms. The van der Waals surface area contributed by atoms with Gasteiger partial charge in [-0.25, -0.2) is 4.98 Å². The van der Waals surface area contributed by atoms with Crippen molar-refractivity contribution >= 4 is 12.2 Å². The zero-order chi connectivity index (χ0) is 13.8. The second kappa shape index (κ2) is 5.71. The average molecular weight is 278 g/mol. The number of aromatic amines is 1. The lowest BCUT2D eigenvalue weighted by Crippen LogP contribution is -1.98. The number of methoxy groups -OCH3 is 3. The lowest BCUT2D eigenvalue weighted by Gasteiger charge is -2.15. The maximum absolute atomic E-state index is 5.37. The summed E-state index contributed by atoms with van der Waals surface area (Å²) in [6.07, 6.45) is 1.52. The van der Waals surface area contributed by atoms with E-state index >= 15 is 0 Å². The minimum atomic E-state index is 0.379. The first-order chi connectivity index (χ1) is 9.22. The van der Waals surface area contributed by atoms with E-state index in [1.165, 1.54) is 6.33 Å². The van der Waals surface area contributed by atoms with Crippen molar-refractivity contribution in [2.24, 2.45) is 0 Å². The summed E-state index contributed by atoms with van der Waals surface area (Å²) in [5.41, 5.74) is 1.43. The Labute approximate surface area is 116 Å². The van der Waals surface area contributed by atoms with Crippen LogP contribution in [0.4, 0.5) is 0 Å². The van der Waals surface area contributed by atoms with E-state index in [1.807, 2.05) is 18.2 Å². The predicted octanol–water partition coefficient (Wildman–Crippen LogP) is 2.83. The van der Waals surface area contributed by atoms with Gasteiger partial charge in [0.1, 0.15) is 11.5 Å². The van der Waals surface area contributed by atoms with E-state index in [0.29, 0.717) is 27.6 Å². The van der Waals surface area contributed by atoms with Gasteiger partial charge in [0.25, 0.3) is 0 Å². The van der Waals surface area contributed by atoms with Crippen LogP contribution in [0, 0.1) is 4.64 Å². The largest absolute Gasteiger partial charge is 0.496 e. The molecule has 2 aromatic rings. The van der Waals surface area contributed by atoms with Crippen LogP contribution in [-0.2, 0) is 0 Å². The third kappa shape index (κ3) is 2.39. The van der Waals surface area contributed by atoms with Gasteiger partial charge in [0.05, 0.1) is 38.9 Å². The Balaban J connectivity index is 2.78. The fourth-order valence-corrected chi connectivity index (χ4v) is 2.10. The summed E-state index contributed by atoms with van der Waals surface area (Å²) in [6.45, 7) is 0. The second-order valence-corrected chi connectivity index (χ2v) is 4.04. The Morgan fingerprint density at radius 3 is 2.21 bits per heavy atom. The number of benzene rings is 1. The van der Waals surface area contributed by atoms with Crippen LogP contribution in [0.5, 0.6) is 17.2 Å². The maximum atomic E-state index is 5.37. The first-order valence-corrected chi connectivity index (χ1v) is 5.96. The van der Waals surface area contributed by atoms with Crippen molar-refractivity contribution in [1.29, 1.82) is 0 Å². The molecule has 1 heterocycles. The van der Waals surface area contributed by atoms with Gasteiger partial charge >= 0.3 is 0 Å². The normalized spacial score (nSPS) is 10.1. The van der Waals surface area contributed by atoms with Crippen LogP contribution in [-0.4, -0.2) is 31.3 Å². The van der Waals surface area contributed by atoms with E-state index in [9.17, 15) is 0 Å². The molecule has 1 N–H and O–H groups in total. The third-order valence-electron chi connectivity index (χ3n) is 2.69. The molecule has 5 nitrogen and oxygen atoms in total. The highest BCUT2D eigenvalue weighted by Gasteiger charge is 2.18. The van der Waals surface area contributed by atoms with E-state index in [4.69, 9.17) is 26.4 Å². The molecular formula is C13H14N2O3S. The Morgan fingerprint density at radius 1 is 1.05 bits per heavy atom. The fourth-order valence-electron chi connectivity index (χ4n) is 1.86. The van der Waals surface area contributed by atoms with Crippen molar-refractivity contribution in [3.05, 3.63) is 29.2 Å². The van der Waals surface area contributed by atoms with Gasteiger partial charge < -0.3 is 19.2 Å². The molecule has 0 amide bonds. The summed E-state index contributed by atoms with van der Waals surface area (Å²) in [5, 5.41) is 0. The van der Waals surface area contributed by atoms with E-state index in [-0.39, 0.29) is 0 Å². The van der Waals surface area contributed by atoms with Gasteiger partial charge in [0.15, 0.2) is 10.4 Å². The van der Waals surface area contributed by atoms with Crippen molar-refractivity contribution in [1.82, 2.24) is 9.97 Å². The number of hydrogen-bond donors (Lipinski definition) is 1. The van der Waals surface area contributed by atoms with Gasteiger partial charge in [-0.2, -0.15) is 0 Å². The standard InChI is InChI=1S/C13H14N2O3S/c1-16-8-5-4-6-9(17-2)10(8)11-12(18-3)13(19)15-7-14-11/h4-7H,1-3H3,(H,14,15,19). The topological polar surface area (TPSA) is 56.4 Å².